The van der Waals surface area contributed by atoms with Gasteiger partial charge in [0.2, 0.25) is 5.91 Å². The van der Waals surface area contributed by atoms with Crippen molar-refractivity contribution >= 4 is 23.2 Å². The Balaban J connectivity index is 2.41. The monoisotopic (exact) mass is 316 g/mol. The van der Waals surface area contributed by atoms with Crippen LogP contribution in [0.5, 0.6) is 0 Å². The van der Waals surface area contributed by atoms with Gasteiger partial charge in [0.05, 0.1) is 11.3 Å². The first-order valence-electron chi connectivity index (χ1n) is 7.27. The standard InChI is InChI=1S/C16H20N4O3/c1-4-20-15(22)12(14(17)21)10(3)13(16(20)23)19-18-11-7-5-9(2)6-8-11/h5-8,15,18,22H,4H2,1-3H3,(H2,17,21)/b19-13+. The van der Waals surface area contributed by atoms with Gasteiger partial charge in [-0.3, -0.25) is 15.0 Å². The molecule has 1 aliphatic heterocycles. The Morgan fingerprint density at radius 1 is 1.35 bits per heavy atom. The molecule has 7 nitrogen and oxygen atoms in total. The topological polar surface area (TPSA) is 108 Å². The molecule has 2 amide bonds. The van der Waals surface area contributed by atoms with Gasteiger partial charge in [-0.25, -0.2) is 0 Å². The van der Waals surface area contributed by atoms with Crippen molar-refractivity contribution in [3.63, 3.8) is 0 Å². The van der Waals surface area contributed by atoms with Crippen molar-refractivity contribution in [2.45, 2.75) is 27.0 Å². The number of aliphatic hydroxyl groups is 1. The summed E-state index contributed by atoms with van der Waals surface area (Å²) in [5.74, 6) is -1.23. The summed E-state index contributed by atoms with van der Waals surface area (Å²) < 4.78 is 0. The molecule has 4 N–H and O–H groups in total. The summed E-state index contributed by atoms with van der Waals surface area (Å²) in [5, 5.41) is 14.3. The first-order valence-corrected chi connectivity index (χ1v) is 7.27. The number of hydrazone groups is 1. The van der Waals surface area contributed by atoms with Crippen LogP contribution in [0.3, 0.4) is 0 Å². The van der Waals surface area contributed by atoms with E-state index in [9.17, 15) is 14.7 Å². The Morgan fingerprint density at radius 3 is 2.48 bits per heavy atom. The average Bonchev–Trinajstić information content (AvgIpc) is 2.49. The molecule has 0 radical (unpaired) electrons. The molecule has 1 atom stereocenters. The number of amides is 2. The van der Waals surface area contributed by atoms with E-state index in [1.165, 1.54) is 0 Å². The number of primary amides is 1. The summed E-state index contributed by atoms with van der Waals surface area (Å²) in [5.41, 5.74) is 10.2. The van der Waals surface area contributed by atoms with E-state index >= 15 is 0 Å². The Labute approximate surface area is 134 Å². The summed E-state index contributed by atoms with van der Waals surface area (Å²) in [6.45, 7) is 5.44. The molecule has 0 aromatic heterocycles. The number of aliphatic hydroxyl groups excluding tert-OH is 1. The quantitative estimate of drug-likeness (QED) is 0.712. The van der Waals surface area contributed by atoms with Gasteiger partial charge >= 0.3 is 0 Å². The van der Waals surface area contributed by atoms with Gasteiger partial charge < -0.3 is 15.7 Å². The van der Waals surface area contributed by atoms with Gasteiger partial charge in [-0.15, -0.1) is 0 Å². The second-order valence-corrected chi connectivity index (χ2v) is 5.31. The first-order chi connectivity index (χ1) is 10.9. The van der Waals surface area contributed by atoms with Crippen molar-refractivity contribution in [2.75, 3.05) is 12.0 Å². The molecule has 122 valence electrons. The number of carbonyl (C=O) groups is 2. The van der Waals surface area contributed by atoms with E-state index in [1.807, 2.05) is 31.2 Å². The molecule has 23 heavy (non-hydrogen) atoms. The molecular formula is C16H20N4O3. The molecule has 1 unspecified atom stereocenters. The van der Waals surface area contributed by atoms with Crippen LogP contribution in [-0.4, -0.2) is 40.3 Å². The van der Waals surface area contributed by atoms with E-state index in [1.54, 1.807) is 13.8 Å². The minimum absolute atomic E-state index is 0.0177. The number of carbonyl (C=O) groups excluding carboxylic acids is 2. The van der Waals surface area contributed by atoms with Gasteiger partial charge in [0.25, 0.3) is 5.91 Å². The largest absolute Gasteiger partial charge is 0.369 e. The molecule has 1 aromatic carbocycles. The van der Waals surface area contributed by atoms with Crippen LogP contribution in [0, 0.1) is 6.92 Å². The number of nitrogens with two attached hydrogens (primary N) is 1. The summed E-state index contributed by atoms with van der Waals surface area (Å²) in [4.78, 5) is 25.2. The zero-order valence-electron chi connectivity index (χ0n) is 13.3. The molecule has 2 rings (SSSR count). The van der Waals surface area contributed by atoms with Crippen molar-refractivity contribution in [3.05, 3.63) is 41.0 Å². The average molecular weight is 316 g/mol. The van der Waals surface area contributed by atoms with Crippen LogP contribution in [0.2, 0.25) is 0 Å². The zero-order chi connectivity index (χ0) is 17.1. The highest BCUT2D eigenvalue weighted by atomic mass is 16.3. The number of rotatable bonds is 4. The lowest BCUT2D eigenvalue weighted by Crippen LogP contribution is -2.51. The number of hydrogen-bond donors (Lipinski definition) is 3. The van der Waals surface area contributed by atoms with Crippen LogP contribution in [-0.2, 0) is 9.59 Å². The Bertz CT molecular complexity index is 692. The van der Waals surface area contributed by atoms with Gasteiger partial charge in [-0.05, 0) is 38.5 Å². The molecule has 1 aromatic rings. The van der Waals surface area contributed by atoms with E-state index in [4.69, 9.17) is 5.73 Å². The van der Waals surface area contributed by atoms with E-state index in [2.05, 4.69) is 10.5 Å². The van der Waals surface area contributed by atoms with Crippen LogP contribution >= 0.6 is 0 Å². The number of aryl methyl sites for hydroxylation is 1. The molecule has 0 saturated carbocycles. The maximum atomic E-state index is 12.4. The third kappa shape index (κ3) is 3.24. The molecule has 0 fully saturated rings. The Morgan fingerprint density at radius 2 is 1.96 bits per heavy atom. The lowest BCUT2D eigenvalue weighted by molar-refractivity contribution is -0.133. The van der Waals surface area contributed by atoms with E-state index < -0.39 is 18.0 Å². The van der Waals surface area contributed by atoms with Crippen LogP contribution < -0.4 is 11.2 Å². The Hall–Kier alpha value is -2.67. The number of nitrogens with zero attached hydrogens (tertiary/aromatic N) is 2. The minimum Gasteiger partial charge on any atom is -0.369 e. The van der Waals surface area contributed by atoms with Gasteiger partial charge in [0, 0.05) is 6.54 Å². The molecule has 0 aliphatic carbocycles. The first kappa shape index (κ1) is 16.7. The minimum atomic E-state index is -1.34. The van der Waals surface area contributed by atoms with E-state index in [0.29, 0.717) is 5.69 Å². The number of anilines is 1. The molecule has 1 heterocycles. The molecule has 0 bridgehead atoms. The number of nitrogens with one attached hydrogen (secondary N) is 1. The lowest BCUT2D eigenvalue weighted by atomic mass is 9.96. The zero-order valence-corrected chi connectivity index (χ0v) is 13.3. The fourth-order valence-electron chi connectivity index (χ4n) is 2.39. The van der Waals surface area contributed by atoms with E-state index in [0.717, 1.165) is 10.5 Å². The van der Waals surface area contributed by atoms with Crippen molar-refractivity contribution < 1.29 is 14.7 Å². The van der Waals surface area contributed by atoms with Crippen molar-refractivity contribution in [3.8, 4) is 0 Å². The molecular weight excluding hydrogens is 296 g/mol. The predicted molar refractivity (Wildman–Crippen MR) is 87.5 cm³/mol. The van der Waals surface area contributed by atoms with Crippen LogP contribution in [0.4, 0.5) is 5.69 Å². The fourth-order valence-corrected chi connectivity index (χ4v) is 2.39. The van der Waals surface area contributed by atoms with Crippen LogP contribution in [0.25, 0.3) is 0 Å². The van der Waals surface area contributed by atoms with Crippen LogP contribution in [0.1, 0.15) is 19.4 Å². The molecule has 0 spiro atoms. The van der Waals surface area contributed by atoms with Crippen molar-refractivity contribution in [1.82, 2.24) is 4.90 Å². The third-order valence-corrected chi connectivity index (χ3v) is 3.73. The lowest BCUT2D eigenvalue weighted by Gasteiger charge is -2.33. The van der Waals surface area contributed by atoms with Crippen LogP contribution in [0.15, 0.2) is 40.5 Å². The number of likely N-dealkylation sites (N-methyl/N-ethyl adjacent to an activating group) is 1. The summed E-state index contributed by atoms with van der Waals surface area (Å²) in [6.07, 6.45) is -1.34. The summed E-state index contributed by atoms with van der Waals surface area (Å²) in [6, 6.07) is 7.47. The summed E-state index contributed by atoms with van der Waals surface area (Å²) >= 11 is 0. The van der Waals surface area contributed by atoms with Crippen molar-refractivity contribution in [2.24, 2.45) is 10.8 Å². The second kappa shape index (κ2) is 6.62. The maximum absolute atomic E-state index is 12.4. The fraction of sp³-hybridized carbons (Fsp3) is 0.312. The second-order valence-electron chi connectivity index (χ2n) is 5.31. The number of hydrogen-bond acceptors (Lipinski definition) is 5. The maximum Gasteiger partial charge on any atom is 0.276 e. The Kier molecular flexibility index (Phi) is 4.80. The molecule has 0 saturated heterocycles. The summed E-state index contributed by atoms with van der Waals surface area (Å²) in [7, 11) is 0. The molecule has 1 aliphatic rings. The smallest absolute Gasteiger partial charge is 0.276 e. The van der Waals surface area contributed by atoms with Crippen molar-refractivity contribution in [1.29, 1.82) is 0 Å². The van der Waals surface area contributed by atoms with E-state index in [-0.39, 0.29) is 23.4 Å². The molecule has 7 heteroatoms. The van der Waals surface area contributed by atoms with Gasteiger partial charge in [0.1, 0.15) is 0 Å². The highest BCUT2D eigenvalue weighted by Crippen LogP contribution is 2.22. The highest BCUT2D eigenvalue weighted by Gasteiger charge is 2.37. The van der Waals surface area contributed by atoms with Gasteiger partial charge in [0.15, 0.2) is 11.9 Å². The number of benzene rings is 1. The highest BCUT2D eigenvalue weighted by molar-refractivity contribution is 6.47. The SMILES string of the molecule is CCN1C(=O)/C(=N/Nc2ccc(C)cc2)C(C)=C(C(N)=O)C1O. The predicted octanol–water partition coefficient (Wildman–Crippen LogP) is 0.745. The third-order valence-electron chi connectivity index (χ3n) is 3.73. The normalized spacial score (nSPS) is 20.2. The van der Waals surface area contributed by atoms with Gasteiger partial charge in [-0.2, -0.15) is 5.10 Å². The van der Waals surface area contributed by atoms with Gasteiger partial charge in [-0.1, -0.05) is 17.7 Å².